The van der Waals surface area contributed by atoms with Crippen LogP contribution in [-0.2, 0) is 14.6 Å². The molecule has 6 nitrogen and oxygen atoms in total. The minimum atomic E-state index is -3.22. The zero-order valence-corrected chi connectivity index (χ0v) is 15.9. The zero-order chi connectivity index (χ0) is 17.4. The molecule has 1 saturated heterocycles. The monoisotopic (exact) mass is 407 g/mol. The summed E-state index contributed by atoms with van der Waals surface area (Å²) in [7, 11) is -3.00. The molecule has 0 radical (unpaired) electrons. The molecule has 1 heterocycles. The van der Waals surface area contributed by atoms with E-state index in [1.165, 1.54) is 6.92 Å². The van der Waals surface area contributed by atoms with Crippen molar-refractivity contribution in [2.24, 2.45) is 5.92 Å². The molecule has 0 N–H and O–H groups in total. The standard InChI is InChI=1S/C9H14N2O2S.C2H3N.Cl3OP/c10-7-8-3-5-11(6-4-8)14(12,13)9-1-2-9;1-2-3;1-5(2,3)4/h8-9H,1-6H2;1H3;. The van der Waals surface area contributed by atoms with Crippen molar-refractivity contribution in [3.63, 3.8) is 0 Å². The predicted octanol–water partition coefficient (Wildman–Crippen LogP) is 4.05. The van der Waals surface area contributed by atoms with Crippen molar-refractivity contribution in [3.05, 3.63) is 0 Å². The fourth-order valence-corrected chi connectivity index (χ4v) is 3.69. The number of nitrogens with zero attached hydrogens (tertiary/aromatic N) is 3. The van der Waals surface area contributed by atoms with Crippen molar-refractivity contribution < 1.29 is 13.0 Å². The molecular formula is C11H17Cl3N3O3PS. The van der Waals surface area contributed by atoms with Crippen LogP contribution in [0.4, 0.5) is 0 Å². The summed E-state index contributed by atoms with van der Waals surface area (Å²) >= 11 is 13.8. The summed E-state index contributed by atoms with van der Waals surface area (Å²) in [6.45, 7) is 2.51. The van der Waals surface area contributed by atoms with Gasteiger partial charge in [-0.05, 0) is 59.4 Å². The van der Waals surface area contributed by atoms with Crippen molar-refractivity contribution in [3.8, 4) is 12.1 Å². The average molecular weight is 409 g/mol. The van der Waals surface area contributed by atoms with Gasteiger partial charge in [-0.1, -0.05) is 0 Å². The molecule has 0 atom stereocenters. The fraction of sp³-hybridized carbons (Fsp3) is 0.818. The smallest absolute Gasteiger partial charge is 0.271 e. The van der Waals surface area contributed by atoms with E-state index in [-0.39, 0.29) is 11.2 Å². The maximum atomic E-state index is 11.8. The van der Waals surface area contributed by atoms with Gasteiger partial charge in [-0.15, -0.1) is 0 Å². The number of hydrogen-bond acceptors (Lipinski definition) is 5. The number of halogens is 3. The van der Waals surface area contributed by atoms with Crippen LogP contribution >= 0.6 is 38.9 Å². The lowest BCUT2D eigenvalue weighted by atomic mass is 10.0. The zero-order valence-electron chi connectivity index (χ0n) is 12.0. The highest BCUT2D eigenvalue weighted by Crippen LogP contribution is 2.61. The van der Waals surface area contributed by atoms with E-state index < -0.39 is 15.2 Å². The lowest BCUT2D eigenvalue weighted by molar-refractivity contribution is 0.309. The van der Waals surface area contributed by atoms with Gasteiger partial charge in [0.25, 0.3) is 0 Å². The Balaban J connectivity index is 0.000000465. The summed E-state index contributed by atoms with van der Waals surface area (Å²) in [4.78, 5) is 0. The summed E-state index contributed by atoms with van der Waals surface area (Å²) in [6.07, 6.45) is 3.03. The third-order valence-corrected chi connectivity index (χ3v) is 5.34. The Kier molecular flexibility index (Phi) is 9.98. The third-order valence-electron chi connectivity index (χ3n) is 2.94. The largest absolute Gasteiger partial charge is 0.339 e. The molecule has 0 aromatic rings. The van der Waals surface area contributed by atoms with Crippen molar-refractivity contribution in [2.75, 3.05) is 13.1 Å². The number of nitriles is 2. The van der Waals surface area contributed by atoms with Gasteiger partial charge in [-0.3, -0.25) is 4.57 Å². The summed E-state index contributed by atoms with van der Waals surface area (Å²) in [5.41, 5.74) is 0. The highest BCUT2D eigenvalue weighted by molar-refractivity contribution is 8.24. The molecule has 0 bridgehead atoms. The van der Waals surface area contributed by atoms with Crippen LogP contribution in [0.1, 0.15) is 32.6 Å². The normalized spacial score (nSPS) is 19.5. The highest BCUT2D eigenvalue weighted by atomic mass is 36.0. The van der Waals surface area contributed by atoms with E-state index in [4.69, 9.17) is 10.5 Å². The molecule has 2 rings (SSSR count). The second-order valence-corrected chi connectivity index (χ2v) is 13.5. The van der Waals surface area contributed by atoms with Crippen LogP contribution in [0.15, 0.2) is 0 Å². The minimum absolute atomic E-state index is 0.0562. The lowest BCUT2D eigenvalue weighted by Crippen LogP contribution is -2.39. The van der Waals surface area contributed by atoms with E-state index in [2.05, 4.69) is 39.8 Å². The SMILES string of the molecule is CC#N.N#CC1CCN(S(=O)(=O)C2CC2)CC1.O=P(Cl)(Cl)Cl. The van der Waals surface area contributed by atoms with Crippen LogP contribution in [0.3, 0.4) is 0 Å². The van der Waals surface area contributed by atoms with Crippen molar-refractivity contribution in [2.45, 2.75) is 37.9 Å². The average Bonchev–Trinajstić information content (AvgIpc) is 3.22. The molecule has 0 aromatic carbocycles. The molecule has 2 aliphatic rings. The van der Waals surface area contributed by atoms with Crippen LogP contribution in [0.5, 0.6) is 0 Å². The Morgan fingerprint density at radius 2 is 1.45 bits per heavy atom. The van der Waals surface area contributed by atoms with E-state index in [0.717, 1.165) is 12.8 Å². The second kappa shape index (κ2) is 9.98. The van der Waals surface area contributed by atoms with Gasteiger partial charge in [0.2, 0.25) is 10.0 Å². The topological polar surface area (TPSA) is 102 Å². The summed E-state index contributed by atoms with van der Waals surface area (Å²) in [6, 6.07) is 3.95. The first-order valence-corrected chi connectivity index (χ1v) is 12.4. The lowest BCUT2D eigenvalue weighted by Gasteiger charge is -2.28. The van der Waals surface area contributed by atoms with E-state index in [1.54, 1.807) is 10.4 Å². The van der Waals surface area contributed by atoms with Crippen LogP contribution in [0, 0.1) is 28.6 Å². The first-order chi connectivity index (χ1) is 10.1. The van der Waals surface area contributed by atoms with Gasteiger partial charge >= 0.3 is 5.20 Å². The molecule has 0 amide bonds. The molecule has 1 saturated carbocycles. The molecule has 0 unspecified atom stereocenters. The molecular weight excluding hydrogens is 392 g/mol. The third kappa shape index (κ3) is 9.90. The van der Waals surface area contributed by atoms with Gasteiger partial charge in [-0.25, -0.2) is 12.7 Å². The summed E-state index contributed by atoms with van der Waals surface area (Å²) in [5, 5.41) is 12.7. The Morgan fingerprint density at radius 3 is 1.73 bits per heavy atom. The van der Waals surface area contributed by atoms with Gasteiger partial charge in [0.15, 0.2) is 0 Å². The van der Waals surface area contributed by atoms with Gasteiger partial charge in [0.1, 0.15) is 0 Å². The van der Waals surface area contributed by atoms with Gasteiger partial charge in [0.05, 0.1) is 17.4 Å². The molecule has 126 valence electrons. The van der Waals surface area contributed by atoms with E-state index in [0.29, 0.717) is 25.9 Å². The fourth-order valence-electron chi connectivity index (χ4n) is 1.82. The Hall–Kier alpha value is -0.0100. The summed E-state index contributed by atoms with van der Waals surface area (Å²) in [5.74, 6) is 0.0562. The van der Waals surface area contributed by atoms with Crippen LogP contribution < -0.4 is 0 Å². The molecule has 0 spiro atoms. The van der Waals surface area contributed by atoms with Gasteiger partial charge in [-0.2, -0.15) is 10.5 Å². The number of rotatable bonds is 2. The maximum absolute atomic E-state index is 11.8. The van der Waals surface area contributed by atoms with Gasteiger partial charge < -0.3 is 0 Å². The van der Waals surface area contributed by atoms with E-state index in [1.807, 2.05) is 0 Å². The molecule has 22 heavy (non-hydrogen) atoms. The number of sulfonamides is 1. The van der Waals surface area contributed by atoms with Crippen molar-refractivity contribution in [1.82, 2.24) is 4.31 Å². The molecule has 1 aliphatic carbocycles. The first kappa shape index (κ1) is 22.0. The molecule has 0 aromatic heterocycles. The van der Waals surface area contributed by atoms with Crippen LogP contribution in [-0.4, -0.2) is 31.1 Å². The minimum Gasteiger partial charge on any atom is -0.271 e. The number of piperidine rings is 1. The Bertz CT molecular complexity index is 561. The second-order valence-electron chi connectivity index (χ2n) is 4.67. The van der Waals surface area contributed by atoms with Gasteiger partial charge in [0, 0.05) is 25.9 Å². The van der Waals surface area contributed by atoms with E-state index >= 15 is 0 Å². The predicted molar refractivity (Wildman–Crippen MR) is 88.3 cm³/mol. The van der Waals surface area contributed by atoms with Crippen molar-refractivity contribution in [1.29, 1.82) is 10.5 Å². The van der Waals surface area contributed by atoms with Crippen LogP contribution in [0.25, 0.3) is 0 Å². The molecule has 1 aliphatic heterocycles. The maximum Gasteiger partial charge on any atom is 0.339 e. The van der Waals surface area contributed by atoms with Crippen molar-refractivity contribution >= 4 is 48.9 Å². The number of hydrogen-bond donors (Lipinski definition) is 0. The van der Waals surface area contributed by atoms with Crippen LogP contribution in [0.2, 0.25) is 0 Å². The van der Waals surface area contributed by atoms with E-state index in [9.17, 15) is 13.0 Å². The Labute approximate surface area is 145 Å². The quantitative estimate of drug-likeness (QED) is 0.641. The summed E-state index contributed by atoms with van der Waals surface area (Å²) < 4.78 is 34.7. The molecule has 2 fully saturated rings. The molecule has 11 heteroatoms. The first-order valence-electron chi connectivity index (χ1n) is 6.44. The Morgan fingerprint density at radius 1 is 1.09 bits per heavy atom. The highest BCUT2D eigenvalue weighted by Gasteiger charge is 2.41.